The molecular weight excluding hydrogens is 705 g/mol. The van der Waals surface area contributed by atoms with Crippen LogP contribution in [-0.4, -0.2) is 71.0 Å². The van der Waals surface area contributed by atoms with Gasteiger partial charge < -0.3 is 29.5 Å². The fraction of sp³-hybridized carbons (Fsp3) is 0.478. The number of aryl methyl sites for hydroxylation is 1. The van der Waals surface area contributed by atoms with Crippen molar-refractivity contribution in [1.82, 2.24) is 0 Å². The molecule has 0 radical (unpaired) electrons. The van der Waals surface area contributed by atoms with E-state index in [1.54, 1.807) is 30.6 Å². The largest absolute Gasteiger partial charge is 0.497 e. The summed E-state index contributed by atoms with van der Waals surface area (Å²) in [6.45, 7) is 19.6. The van der Waals surface area contributed by atoms with Crippen molar-refractivity contribution in [3.63, 3.8) is 0 Å². The molecule has 6 rings (SSSR count). The highest BCUT2D eigenvalue weighted by atomic mass is 32.2. The molecular formula is C46H68N4O2S2. The van der Waals surface area contributed by atoms with Gasteiger partial charge >= 0.3 is 0 Å². The van der Waals surface area contributed by atoms with Gasteiger partial charge in [-0.1, -0.05) is 0 Å². The van der Waals surface area contributed by atoms with E-state index in [2.05, 4.69) is 187 Å². The van der Waals surface area contributed by atoms with E-state index in [1.165, 1.54) is 63.1 Å². The second-order valence-electron chi connectivity index (χ2n) is 14.9. The van der Waals surface area contributed by atoms with E-state index in [1.807, 2.05) is 0 Å². The van der Waals surface area contributed by atoms with Crippen molar-refractivity contribution in [2.45, 2.75) is 109 Å². The summed E-state index contributed by atoms with van der Waals surface area (Å²) < 4.78 is 10.7. The summed E-state index contributed by atoms with van der Waals surface area (Å²) in [5.74, 6) is 2.03. The number of hydrogen-bond acceptors (Lipinski definition) is 8. The van der Waals surface area contributed by atoms with Gasteiger partial charge in [-0.2, -0.15) is 0 Å². The summed E-state index contributed by atoms with van der Waals surface area (Å²) >= 11 is 3.55. The van der Waals surface area contributed by atoms with Gasteiger partial charge in [-0.05, 0) is 177 Å². The smallest absolute Gasteiger partial charge is 0.122 e. The van der Waals surface area contributed by atoms with Crippen molar-refractivity contribution in [2.24, 2.45) is 0 Å². The van der Waals surface area contributed by atoms with Gasteiger partial charge in [0.1, 0.15) is 11.5 Å². The standard InChI is InChI=1S/C13H19NO.C12H17NO.C11H17NS.C10H15NS/c1-10(2)14-8-4-5-11-9-12(15-3)6-7-13(11)14;1-9(2)13(3)11-4-5-12-10(8-11)6-7-14-12;1-9(2)12(3)10-5-7-11(13-4)8-6-10;1-8(2)11-9-4-6-10(12-3)7-5-9/h6-7,9-10H,4-5,8H2,1-3H3;4-5,8-9H,6-7H2,1-3H3;5-9H,1-4H3;4-8,11H,1-3H3. The predicted molar refractivity (Wildman–Crippen MR) is 242 cm³/mol. The van der Waals surface area contributed by atoms with E-state index in [-0.39, 0.29) is 0 Å². The molecule has 8 heteroatoms. The molecule has 0 atom stereocenters. The molecule has 2 aliphatic rings. The Kier molecular flexibility index (Phi) is 18.8. The maximum atomic E-state index is 5.48. The van der Waals surface area contributed by atoms with Crippen LogP contribution in [0.1, 0.15) is 72.9 Å². The molecule has 0 aromatic heterocycles. The summed E-state index contributed by atoms with van der Waals surface area (Å²) in [5, 5.41) is 3.35. The molecule has 6 nitrogen and oxygen atoms in total. The molecule has 0 bridgehead atoms. The predicted octanol–water partition coefficient (Wildman–Crippen LogP) is 11.8. The van der Waals surface area contributed by atoms with Crippen LogP contribution in [0.4, 0.5) is 22.7 Å². The molecule has 0 amide bonds. The lowest BCUT2D eigenvalue weighted by Crippen LogP contribution is -2.35. The number of thioether (sulfide) groups is 2. The Labute approximate surface area is 337 Å². The van der Waals surface area contributed by atoms with E-state index in [0.717, 1.165) is 24.5 Å². The summed E-state index contributed by atoms with van der Waals surface area (Å²) in [6, 6.07) is 32.2. The molecule has 2 heterocycles. The zero-order valence-corrected chi connectivity index (χ0v) is 37.0. The molecule has 0 spiro atoms. The fourth-order valence-electron chi connectivity index (χ4n) is 6.09. The van der Waals surface area contributed by atoms with Gasteiger partial charge in [0.15, 0.2) is 0 Å². The third-order valence-electron chi connectivity index (χ3n) is 9.72. The number of rotatable bonds is 10. The molecule has 0 saturated heterocycles. The van der Waals surface area contributed by atoms with Crippen molar-refractivity contribution >= 4 is 46.3 Å². The van der Waals surface area contributed by atoms with Crippen LogP contribution < -0.4 is 29.5 Å². The molecule has 0 fully saturated rings. The van der Waals surface area contributed by atoms with Crippen molar-refractivity contribution in [3.05, 3.63) is 96.1 Å². The number of hydrogen-bond donors (Lipinski definition) is 1. The Balaban J connectivity index is 0.000000194. The molecule has 0 saturated carbocycles. The van der Waals surface area contributed by atoms with Gasteiger partial charge in [-0.25, -0.2) is 0 Å². The zero-order chi connectivity index (χ0) is 39.8. The average Bonchev–Trinajstić information content (AvgIpc) is 3.66. The highest BCUT2D eigenvalue weighted by Crippen LogP contribution is 2.32. The van der Waals surface area contributed by atoms with E-state index < -0.39 is 0 Å². The Bertz CT molecular complexity index is 1660. The highest BCUT2D eigenvalue weighted by molar-refractivity contribution is 7.98. The fourth-order valence-corrected chi connectivity index (χ4v) is 6.91. The second-order valence-corrected chi connectivity index (χ2v) is 16.7. The van der Waals surface area contributed by atoms with Crippen LogP contribution >= 0.6 is 23.5 Å². The molecule has 0 aliphatic carbocycles. The molecule has 0 unspecified atom stereocenters. The summed E-state index contributed by atoms with van der Waals surface area (Å²) in [4.78, 5) is 9.64. The Hall–Kier alpha value is -3.62. The maximum absolute atomic E-state index is 5.48. The van der Waals surface area contributed by atoms with Crippen molar-refractivity contribution in [1.29, 1.82) is 0 Å². The highest BCUT2D eigenvalue weighted by Gasteiger charge is 2.19. The summed E-state index contributed by atoms with van der Waals surface area (Å²) in [6.07, 6.45) is 7.66. The van der Waals surface area contributed by atoms with Gasteiger partial charge in [0.2, 0.25) is 0 Å². The van der Waals surface area contributed by atoms with E-state index >= 15 is 0 Å². The lowest BCUT2D eigenvalue weighted by atomic mass is 10.0. The molecule has 4 aromatic carbocycles. The van der Waals surface area contributed by atoms with Gasteiger partial charge in [-0.3, -0.25) is 0 Å². The van der Waals surface area contributed by atoms with Crippen molar-refractivity contribution in [3.8, 4) is 11.5 Å². The van der Waals surface area contributed by atoms with Crippen LogP contribution in [0.25, 0.3) is 0 Å². The minimum atomic E-state index is 0.505. The number of methoxy groups -OCH3 is 1. The quantitative estimate of drug-likeness (QED) is 0.160. The lowest BCUT2D eigenvalue weighted by Gasteiger charge is -2.34. The van der Waals surface area contributed by atoms with Crippen molar-refractivity contribution < 1.29 is 9.47 Å². The van der Waals surface area contributed by atoms with E-state index in [4.69, 9.17) is 9.47 Å². The van der Waals surface area contributed by atoms with Crippen LogP contribution in [0, 0.1) is 0 Å². The van der Waals surface area contributed by atoms with Crippen LogP contribution in [-0.2, 0) is 12.8 Å². The normalized spacial score (nSPS) is 12.7. The number of nitrogens with one attached hydrogen (secondary N) is 1. The van der Waals surface area contributed by atoms with Crippen LogP contribution in [0.3, 0.4) is 0 Å². The minimum Gasteiger partial charge on any atom is -0.497 e. The Morgan fingerprint density at radius 2 is 1.26 bits per heavy atom. The van der Waals surface area contributed by atoms with Crippen LogP contribution in [0.15, 0.2) is 94.7 Å². The second kappa shape index (κ2) is 22.7. The first-order valence-corrected chi connectivity index (χ1v) is 21.9. The molecule has 296 valence electrons. The lowest BCUT2D eigenvalue weighted by molar-refractivity contribution is 0.357. The van der Waals surface area contributed by atoms with Gasteiger partial charge in [-0.15, -0.1) is 23.5 Å². The number of benzene rings is 4. The van der Waals surface area contributed by atoms with E-state index in [0.29, 0.717) is 24.2 Å². The van der Waals surface area contributed by atoms with Gasteiger partial charge in [0.05, 0.1) is 13.7 Å². The molecule has 2 aliphatic heterocycles. The molecule has 1 N–H and O–H groups in total. The Morgan fingerprint density at radius 3 is 1.80 bits per heavy atom. The van der Waals surface area contributed by atoms with Crippen molar-refractivity contribution in [2.75, 3.05) is 66.9 Å². The summed E-state index contributed by atoms with van der Waals surface area (Å²) in [7, 11) is 5.98. The Morgan fingerprint density at radius 1 is 0.685 bits per heavy atom. The number of anilines is 4. The SMILES string of the molecule is CC(C)N(C)c1ccc2c(c1)CCO2.COc1ccc2c(c1)CCCN2C(C)C.CSc1ccc(N(C)C(C)C)cc1.CSc1ccc(NC(C)C)cc1. The molecule has 54 heavy (non-hydrogen) atoms. The first-order valence-electron chi connectivity index (χ1n) is 19.5. The first kappa shape index (κ1) is 44.8. The third kappa shape index (κ3) is 13.9. The number of nitrogens with zero attached hydrogens (tertiary/aromatic N) is 3. The topological polar surface area (TPSA) is 40.2 Å². The van der Waals surface area contributed by atoms with Gasteiger partial charge in [0, 0.05) is 83.8 Å². The number of fused-ring (bicyclic) bond motifs is 2. The van der Waals surface area contributed by atoms with Crippen LogP contribution in [0.2, 0.25) is 0 Å². The summed E-state index contributed by atoms with van der Waals surface area (Å²) in [5.41, 5.74) is 7.92. The molecule has 4 aromatic rings. The maximum Gasteiger partial charge on any atom is 0.122 e. The van der Waals surface area contributed by atoms with E-state index in [9.17, 15) is 0 Å². The average molecular weight is 773 g/mol. The monoisotopic (exact) mass is 772 g/mol. The first-order chi connectivity index (χ1) is 25.8. The zero-order valence-electron chi connectivity index (χ0n) is 35.4. The third-order valence-corrected chi connectivity index (χ3v) is 11.2. The number of ether oxygens (including phenoxy) is 2. The van der Waals surface area contributed by atoms with Crippen LogP contribution in [0.5, 0.6) is 11.5 Å². The minimum absolute atomic E-state index is 0.505. The van der Waals surface area contributed by atoms with Gasteiger partial charge in [0.25, 0.3) is 0 Å².